The zero-order valence-corrected chi connectivity index (χ0v) is 20.9. The Hall–Kier alpha value is -4.05. The highest BCUT2D eigenvalue weighted by Crippen LogP contribution is 2.33. The molecule has 1 aliphatic rings. The van der Waals surface area contributed by atoms with Gasteiger partial charge in [-0.1, -0.05) is 18.2 Å². The number of nitrogens with one attached hydrogen (secondary N) is 1. The summed E-state index contributed by atoms with van der Waals surface area (Å²) in [6.07, 6.45) is -0.955. The molecule has 1 atom stereocenters. The second-order valence-corrected chi connectivity index (χ2v) is 9.95. The molecule has 1 amide bonds. The maximum Gasteiger partial charge on any atom is 0.348 e. The number of para-hydroxylation sites is 2. The van der Waals surface area contributed by atoms with Crippen LogP contribution >= 0.6 is 0 Å². The number of carbonyl (C=O) groups excluding carboxylic acids is 2. The highest BCUT2D eigenvalue weighted by Gasteiger charge is 2.34. The fourth-order valence-electron chi connectivity index (χ4n) is 3.68. The Bertz CT molecular complexity index is 1390. The molecule has 188 valence electrons. The number of hydrogen-bond donors (Lipinski definition) is 1. The van der Waals surface area contributed by atoms with Gasteiger partial charge in [0.15, 0.2) is 6.61 Å². The third-order valence-corrected chi connectivity index (χ3v) is 7.19. The number of carbonyl (C=O) groups is 2. The van der Waals surface area contributed by atoms with Gasteiger partial charge in [0.2, 0.25) is 6.10 Å². The van der Waals surface area contributed by atoms with Gasteiger partial charge < -0.3 is 19.1 Å². The number of methoxy groups -OCH3 is 1. The van der Waals surface area contributed by atoms with Crippen LogP contribution in [0.25, 0.3) is 0 Å². The monoisotopic (exact) mass is 510 g/mol. The molecule has 0 radical (unpaired) electrons. The van der Waals surface area contributed by atoms with Crippen molar-refractivity contribution >= 4 is 33.3 Å². The highest BCUT2D eigenvalue weighted by molar-refractivity contribution is 7.92. The molecule has 0 saturated heterocycles. The van der Waals surface area contributed by atoms with E-state index >= 15 is 0 Å². The number of esters is 1. The third kappa shape index (κ3) is 5.44. The first kappa shape index (κ1) is 25.1. The Labute approximate surface area is 209 Å². The van der Waals surface area contributed by atoms with Gasteiger partial charge in [-0.25, -0.2) is 13.2 Å². The van der Waals surface area contributed by atoms with Crippen LogP contribution in [0.4, 0.5) is 11.4 Å². The molecule has 3 aromatic carbocycles. The second kappa shape index (κ2) is 10.3. The van der Waals surface area contributed by atoms with Crippen LogP contribution in [-0.2, 0) is 24.3 Å². The van der Waals surface area contributed by atoms with Crippen LogP contribution in [0.2, 0.25) is 0 Å². The predicted octanol–water partition coefficient (Wildman–Crippen LogP) is 3.45. The molecule has 10 heteroatoms. The Kier molecular flexibility index (Phi) is 7.16. The molecule has 0 unspecified atom stereocenters. The maximum atomic E-state index is 13.0. The molecule has 0 bridgehead atoms. The number of rotatable bonds is 7. The Morgan fingerprint density at radius 1 is 1.03 bits per heavy atom. The smallest absolute Gasteiger partial charge is 0.348 e. The molecule has 9 nitrogen and oxygen atoms in total. The van der Waals surface area contributed by atoms with Gasteiger partial charge in [0.25, 0.3) is 15.9 Å². The van der Waals surface area contributed by atoms with Gasteiger partial charge in [-0.05, 0) is 73.5 Å². The van der Waals surface area contributed by atoms with Crippen molar-refractivity contribution in [1.82, 2.24) is 0 Å². The third-order valence-electron chi connectivity index (χ3n) is 5.79. The summed E-state index contributed by atoms with van der Waals surface area (Å²) in [7, 11) is -2.54. The summed E-state index contributed by atoms with van der Waals surface area (Å²) in [6, 6.07) is 18.0. The summed E-state index contributed by atoms with van der Waals surface area (Å²) in [4.78, 5) is 26.4. The van der Waals surface area contributed by atoms with Gasteiger partial charge in [0.1, 0.15) is 11.5 Å². The predicted molar refractivity (Wildman–Crippen MR) is 134 cm³/mol. The van der Waals surface area contributed by atoms with Crippen LogP contribution in [0.15, 0.2) is 71.6 Å². The van der Waals surface area contributed by atoms with Crippen LogP contribution in [0.3, 0.4) is 0 Å². The molecule has 3 aromatic rings. The first-order valence-electron chi connectivity index (χ1n) is 11.1. The lowest BCUT2D eigenvalue weighted by atomic mass is 10.1. The summed E-state index contributed by atoms with van der Waals surface area (Å²) < 4.78 is 44.1. The van der Waals surface area contributed by atoms with Crippen LogP contribution in [0.1, 0.15) is 11.1 Å². The topological polar surface area (TPSA) is 111 Å². The van der Waals surface area contributed by atoms with Crippen LogP contribution in [0.5, 0.6) is 11.5 Å². The van der Waals surface area contributed by atoms with E-state index in [4.69, 9.17) is 14.2 Å². The molecule has 1 N–H and O–H groups in total. The molecule has 36 heavy (non-hydrogen) atoms. The normalized spacial score (nSPS) is 14.9. The van der Waals surface area contributed by atoms with Crippen LogP contribution < -0.4 is 19.1 Å². The summed E-state index contributed by atoms with van der Waals surface area (Å²) in [5.74, 6) is -0.278. The molecule has 0 aliphatic carbocycles. The zero-order chi connectivity index (χ0) is 25.9. The minimum Gasteiger partial charge on any atom is -0.484 e. The quantitative estimate of drug-likeness (QED) is 0.485. The number of nitrogens with zero attached hydrogens (tertiary/aromatic N) is 1. The molecular formula is C26H26N2O7S. The fourth-order valence-corrected chi connectivity index (χ4v) is 4.73. The van der Waals surface area contributed by atoms with E-state index in [1.54, 1.807) is 36.4 Å². The number of fused-ring (bicyclic) bond motifs is 1. The van der Waals surface area contributed by atoms with Gasteiger partial charge in [-0.3, -0.25) is 9.52 Å². The Morgan fingerprint density at radius 3 is 2.44 bits per heavy atom. The van der Waals surface area contributed by atoms with Crippen molar-refractivity contribution < 1.29 is 32.2 Å². The first-order valence-corrected chi connectivity index (χ1v) is 12.6. The minimum absolute atomic E-state index is 0.0206. The molecular weight excluding hydrogens is 484 g/mol. The van der Waals surface area contributed by atoms with Crippen molar-refractivity contribution in [3.8, 4) is 11.5 Å². The number of amides is 1. The summed E-state index contributed by atoms with van der Waals surface area (Å²) in [5, 5.41) is 0. The minimum atomic E-state index is -3.80. The van der Waals surface area contributed by atoms with Gasteiger partial charge in [-0.15, -0.1) is 0 Å². The fraction of sp³-hybridized carbons (Fsp3) is 0.231. The SMILES string of the molecule is COC(=O)[C@@H]1CN(C(=O)COc2ccc(S(=O)(=O)Nc3ccc(C)c(C)c3)cc2)c2ccccc2O1. The number of anilines is 2. The van der Waals surface area contributed by atoms with E-state index < -0.39 is 28.0 Å². The van der Waals surface area contributed by atoms with Crippen LogP contribution in [-0.4, -0.2) is 46.7 Å². The lowest BCUT2D eigenvalue weighted by Gasteiger charge is -2.33. The lowest BCUT2D eigenvalue weighted by Crippen LogP contribution is -2.48. The maximum absolute atomic E-state index is 13.0. The van der Waals surface area contributed by atoms with Crippen molar-refractivity contribution in [3.05, 3.63) is 77.9 Å². The van der Waals surface area contributed by atoms with Crippen molar-refractivity contribution in [1.29, 1.82) is 0 Å². The second-order valence-electron chi connectivity index (χ2n) is 8.27. The molecule has 0 fully saturated rings. The van der Waals surface area contributed by atoms with E-state index in [2.05, 4.69) is 4.72 Å². The molecule has 0 saturated carbocycles. The largest absolute Gasteiger partial charge is 0.484 e. The molecule has 0 aromatic heterocycles. The molecule has 1 aliphatic heterocycles. The van der Waals surface area contributed by atoms with Crippen molar-refractivity contribution in [2.75, 3.05) is 29.9 Å². The summed E-state index contributed by atoms with van der Waals surface area (Å²) >= 11 is 0. The number of hydrogen-bond acceptors (Lipinski definition) is 7. The van der Waals surface area contributed by atoms with E-state index in [0.717, 1.165) is 11.1 Å². The highest BCUT2D eigenvalue weighted by atomic mass is 32.2. The van der Waals surface area contributed by atoms with E-state index in [9.17, 15) is 18.0 Å². The van der Waals surface area contributed by atoms with E-state index in [0.29, 0.717) is 22.9 Å². The van der Waals surface area contributed by atoms with Crippen LogP contribution in [0, 0.1) is 13.8 Å². The first-order chi connectivity index (χ1) is 17.2. The van der Waals surface area contributed by atoms with Gasteiger partial charge in [-0.2, -0.15) is 0 Å². The van der Waals surface area contributed by atoms with Gasteiger partial charge in [0.05, 0.1) is 24.2 Å². The van der Waals surface area contributed by atoms with Crippen molar-refractivity contribution in [2.24, 2.45) is 0 Å². The standard InChI is InChI=1S/C26H26N2O7S/c1-17-8-9-19(14-18(17)2)27-36(31,32)21-12-10-20(11-13-21)34-16-25(29)28-15-24(26(30)33-3)35-23-7-5-4-6-22(23)28/h4-14,24,27H,15-16H2,1-3H3/t24-/m0/s1. The van der Waals surface area contributed by atoms with Crippen molar-refractivity contribution in [2.45, 2.75) is 24.8 Å². The molecule has 0 spiro atoms. The molecule has 1 heterocycles. The van der Waals surface area contributed by atoms with Crippen molar-refractivity contribution in [3.63, 3.8) is 0 Å². The van der Waals surface area contributed by atoms with E-state index in [1.165, 1.54) is 36.3 Å². The lowest BCUT2D eigenvalue weighted by molar-refractivity contribution is -0.148. The summed E-state index contributed by atoms with van der Waals surface area (Å²) in [5.41, 5.74) is 3.03. The number of aryl methyl sites for hydroxylation is 2. The number of ether oxygens (including phenoxy) is 3. The number of sulfonamides is 1. The molecule has 4 rings (SSSR count). The van der Waals surface area contributed by atoms with Gasteiger partial charge >= 0.3 is 5.97 Å². The summed E-state index contributed by atoms with van der Waals surface area (Å²) in [6.45, 7) is 3.51. The Morgan fingerprint density at radius 2 is 1.75 bits per heavy atom. The Balaban J connectivity index is 1.42. The average Bonchev–Trinajstić information content (AvgIpc) is 2.88. The van der Waals surface area contributed by atoms with E-state index in [1.807, 2.05) is 19.9 Å². The zero-order valence-electron chi connectivity index (χ0n) is 20.1. The average molecular weight is 511 g/mol. The van der Waals surface area contributed by atoms with Gasteiger partial charge in [0, 0.05) is 5.69 Å². The number of benzene rings is 3. The van der Waals surface area contributed by atoms with E-state index in [-0.39, 0.29) is 18.0 Å².